The molecule has 0 aliphatic carbocycles. The van der Waals surface area contributed by atoms with E-state index in [9.17, 15) is 0 Å². The topological polar surface area (TPSA) is 0 Å². The molecule has 0 N–H and O–H groups in total. The van der Waals surface area contributed by atoms with Crippen molar-refractivity contribution < 1.29 is 0 Å². The van der Waals surface area contributed by atoms with Gasteiger partial charge in [0.05, 0.1) is 13.1 Å². The van der Waals surface area contributed by atoms with E-state index in [1.165, 1.54) is 153 Å². The minimum absolute atomic E-state index is 1.02. The van der Waals surface area contributed by atoms with Gasteiger partial charge in [-0.15, -0.1) is 0 Å². The molecule has 0 unspecified atom stereocenters. The number of hydrogen-bond acceptors (Lipinski definition) is 0. The predicted octanol–water partition coefficient (Wildman–Crippen LogP) is 12.2. The van der Waals surface area contributed by atoms with Gasteiger partial charge < -0.3 is 0 Å². The number of unbranched alkanes of at least 4 members (excludes halogenated alkanes) is 18. The third-order valence-electron chi connectivity index (χ3n) is 8.29. The van der Waals surface area contributed by atoms with Crippen LogP contribution in [-0.2, 0) is 0 Å². The molecule has 2 rings (SSSR count). The van der Waals surface area contributed by atoms with Gasteiger partial charge in [-0.3, -0.25) is 4.48 Å². The summed E-state index contributed by atoms with van der Waals surface area (Å²) in [5, 5.41) is 0. The third kappa shape index (κ3) is 13.2. The zero-order chi connectivity index (χ0) is 26.3. The fourth-order valence-corrected chi connectivity index (χ4v) is 5.94. The maximum absolute atomic E-state index is 2.37. The van der Waals surface area contributed by atoms with Gasteiger partial charge in [0.15, 0.2) is 0 Å². The van der Waals surface area contributed by atoms with E-state index in [0.29, 0.717) is 0 Å². The summed E-state index contributed by atoms with van der Waals surface area (Å²) in [6, 6.07) is 22.8. The third-order valence-corrected chi connectivity index (χ3v) is 8.29. The van der Waals surface area contributed by atoms with Gasteiger partial charge in [0.1, 0.15) is 11.4 Å². The van der Waals surface area contributed by atoms with Gasteiger partial charge in [-0.05, 0) is 49.9 Å². The van der Waals surface area contributed by atoms with Gasteiger partial charge in [0, 0.05) is 0 Å². The van der Waals surface area contributed by atoms with Crippen LogP contribution in [0.1, 0.15) is 142 Å². The van der Waals surface area contributed by atoms with E-state index >= 15 is 0 Å². The van der Waals surface area contributed by atoms with Gasteiger partial charge in [0.2, 0.25) is 0 Å². The van der Waals surface area contributed by atoms with Crippen LogP contribution < -0.4 is 4.48 Å². The number of quaternary nitrogens is 1. The Labute approximate surface area is 231 Å². The maximum atomic E-state index is 2.37. The highest BCUT2D eigenvalue weighted by Gasteiger charge is 2.32. The Hall–Kier alpha value is -1.60. The molecule has 0 spiro atoms. The van der Waals surface area contributed by atoms with E-state index in [4.69, 9.17) is 0 Å². The second-order valence-corrected chi connectivity index (χ2v) is 11.5. The molecule has 2 aromatic rings. The monoisotopic (exact) mass is 506 g/mol. The summed E-state index contributed by atoms with van der Waals surface area (Å²) in [6.07, 6.45) is 28.0. The zero-order valence-corrected chi connectivity index (χ0v) is 24.8. The lowest BCUT2D eigenvalue weighted by molar-refractivity contribution is 0.353. The fourth-order valence-electron chi connectivity index (χ4n) is 5.94. The number of hydrogen-bond donors (Lipinski definition) is 0. The number of benzene rings is 2. The number of para-hydroxylation sites is 2. The summed E-state index contributed by atoms with van der Waals surface area (Å²) in [6.45, 7) is 7.06. The van der Waals surface area contributed by atoms with Crippen LogP contribution in [0.15, 0.2) is 60.7 Å². The van der Waals surface area contributed by atoms with Crippen LogP contribution in [0, 0.1) is 0 Å². The van der Waals surface area contributed by atoms with Crippen molar-refractivity contribution in [3.05, 3.63) is 60.7 Å². The molecule has 0 amide bonds. The van der Waals surface area contributed by atoms with Crippen molar-refractivity contribution in [1.82, 2.24) is 4.48 Å². The first-order valence-electron chi connectivity index (χ1n) is 16.3. The van der Waals surface area contributed by atoms with Crippen LogP contribution in [0.3, 0.4) is 0 Å². The fraction of sp³-hybridized carbons (Fsp3) is 0.667. The van der Waals surface area contributed by atoms with Crippen LogP contribution in [-0.4, -0.2) is 13.1 Å². The molecule has 0 fully saturated rings. The highest BCUT2D eigenvalue weighted by atomic mass is 15.4. The molecule has 0 saturated carbocycles. The highest BCUT2D eigenvalue weighted by Crippen LogP contribution is 2.36. The number of nitrogens with zero attached hydrogens (tertiary/aromatic N) is 1. The van der Waals surface area contributed by atoms with Gasteiger partial charge in [-0.25, -0.2) is 0 Å². The molecule has 208 valence electrons. The van der Waals surface area contributed by atoms with Crippen molar-refractivity contribution in [3.63, 3.8) is 0 Å². The van der Waals surface area contributed by atoms with E-state index in [1.54, 1.807) is 0 Å². The first-order chi connectivity index (χ1) is 18.3. The maximum Gasteiger partial charge on any atom is 0.137 e. The normalized spacial score (nSPS) is 11.7. The molecule has 0 saturated heterocycles. The highest BCUT2D eigenvalue weighted by molar-refractivity contribution is 5.58. The Morgan fingerprint density at radius 1 is 0.351 bits per heavy atom. The van der Waals surface area contributed by atoms with Gasteiger partial charge >= 0.3 is 0 Å². The Balaban J connectivity index is 1.88. The quantitative estimate of drug-likeness (QED) is 0.0980. The largest absolute Gasteiger partial charge is 0.259 e. The minimum Gasteiger partial charge on any atom is -0.259 e. The van der Waals surface area contributed by atoms with Crippen LogP contribution in [0.5, 0.6) is 0 Å². The molecular formula is C36H60N+. The van der Waals surface area contributed by atoms with E-state index in [1.807, 2.05) is 0 Å². The van der Waals surface area contributed by atoms with Crippen LogP contribution in [0.2, 0.25) is 0 Å². The van der Waals surface area contributed by atoms with Crippen LogP contribution in [0.4, 0.5) is 11.4 Å². The van der Waals surface area contributed by atoms with Crippen LogP contribution >= 0.6 is 0 Å². The summed E-state index contributed by atoms with van der Waals surface area (Å²) >= 11 is 0. The Bertz CT molecular complexity index is 672. The van der Waals surface area contributed by atoms with Crippen LogP contribution in [0.25, 0.3) is 0 Å². The van der Waals surface area contributed by atoms with E-state index < -0.39 is 0 Å². The Morgan fingerprint density at radius 3 is 0.919 bits per heavy atom. The Kier molecular flexibility index (Phi) is 18.2. The first-order valence-corrected chi connectivity index (χ1v) is 16.3. The standard InChI is InChI=1S/C36H60N/c1-3-5-7-9-11-13-15-17-19-27-33-37(35-29-23-21-24-30-35,36-31-25-22-26-32-36)34-28-20-18-16-14-12-10-8-6-4-2/h21-26,29-32H,3-20,27-28,33-34H2,1-2H3/q+1. The summed E-state index contributed by atoms with van der Waals surface area (Å²) < 4.78 is 1.02. The lowest BCUT2D eigenvalue weighted by atomic mass is 10.0. The first kappa shape index (κ1) is 31.6. The van der Waals surface area contributed by atoms with Gasteiger partial charge in [0.25, 0.3) is 0 Å². The SMILES string of the molecule is CCCCCCCCCCCC[N+](CCCCCCCCCCCC)(c1ccccc1)c1ccccc1. The Morgan fingerprint density at radius 2 is 0.622 bits per heavy atom. The van der Waals surface area contributed by atoms with Crippen molar-refractivity contribution in [2.45, 2.75) is 142 Å². The summed E-state index contributed by atoms with van der Waals surface area (Å²) in [7, 11) is 0. The second-order valence-electron chi connectivity index (χ2n) is 11.5. The summed E-state index contributed by atoms with van der Waals surface area (Å²) in [5.74, 6) is 0. The lowest BCUT2D eigenvalue weighted by Gasteiger charge is -2.38. The molecule has 0 aliphatic heterocycles. The molecule has 0 radical (unpaired) electrons. The average Bonchev–Trinajstić information content (AvgIpc) is 2.95. The molecule has 0 heterocycles. The molecule has 0 bridgehead atoms. The van der Waals surface area contributed by atoms with Gasteiger partial charge in [-0.2, -0.15) is 0 Å². The summed E-state index contributed by atoms with van der Waals surface area (Å²) in [5.41, 5.74) is 2.95. The molecule has 0 aliphatic rings. The van der Waals surface area contributed by atoms with E-state index in [-0.39, 0.29) is 0 Å². The molecule has 0 aromatic heterocycles. The minimum atomic E-state index is 1.02. The van der Waals surface area contributed by atoms with Crippen molar-refractivity contribution >= 4 is 11.4 Å². The van der Waals surface area contributed by atoms with E-state index in [2.05, 4.69) is 74.5 Å². The second kappa shape index (κ2) is 21.3. The number of rotatable bonds is 24. The van der Waals surface area contributed by atoms with Crippen molar-refractivity contribution in [2.24, 2.45) is 0 Å². The molecule has 0 atom stereocenters. The van der Waals surface area contributed by atoms with Crippen molar-refractivity contribution in [2.75, 3.05) is 13.1 Å². The molecule has 37 heavy (non-hydrogen) atoms. The molecule has 1 nitrogen and oxygen atoms in total. The molecule has 2 aromatic carbocycles. The average molecular weight is 507 g/mol. The van der Waals surface area contributed by atoms with Crippen molar-refractivity contribution in [1.29, 1.82) is 0 Å². The summed E-state index contributed by atoms with van der Waals surface area (Å²) in [4.78, 5) is 0. The van der Waals surface area contributed by atoms with E-state index in [0.717, 1.165) is 4.48 Å². The smallest absolute Gasteiger partial charge is 0.137 e. The molecular weight excluding hydrogens is 446 g/mol. The molecule has 1 heteroatoms. The predicted molar refractivity (Wildman–Crippen MR) is 168 cm³/mol. The lowest BCUT2D eigenvalue weighted by Crippen LogP contribution is -2.46. The van der Waals surface area contributed by atoms with Crippen molar-refractivity contribution in [3.8, 4) is 0 Å². The van der Waals surface area contributed by atoms with Gasteiger partial charge in [-0.1, -0.05) is 153 Å². The zero-order valence-electron chi connectivity index (χ0n) is 24.8.